The number of halogens is 1. The molecule has 0 bridgehead atoms. The number of aliphatic hydroxyl groups excluding tert-OH is 1. The van der Waals surface area contributed by atoms with E-state index in [1.807, 2.05) is 6.07 Å². The van der Waals surface area contributed by atoms with Gasteiger partial charge in [-0.15, -0.1) is 0 Å². The normalized spacial score (nSPS) is 20.7. The van der Waals surface area contributed by atoms with E-state index in [2.05, 4.69) is 35.6 Å². The summed E-state index contributed by atoms with van der Waals surface area (Å²) in [6.45, 7) is 8.28. The van der Waals surface area contributed by atoms with Crippen molar-refractivity contribution in [1.29, 1.82) is 0 Å². The maximum Gasteiger partial charge on any atom is 0.137 e. The summed E-state index contributed by atoms with van der Waals surface area (Å²) in [6.07, 6.45) is 2.16. The third-order valence-electron chi connectivity index (χ3n) is 3.45. The largest absolute Gasteiger partial charge is 0.396 e. The molecule has 2 heterocycles. The minimum absolute atomic E-state index is 0.119. The number of hydrogen-bond donors (Lipinski definition) is 1. The van der Waals surface area contributed by atoms with Gasteiger partial charge in [0, 0.05) is 31.2 Å². The molecule has 0 saturated carbocycles. The Hall–Kier alpha value is -0.870. The molecule has 0 aromatic carbocycles. The lowest BCUT2D eigenvalue weighted by Crippen LogP contribution is -2.37. The molecule has 4 nitrogen and oxygen atoms in total. The van der Waals surface area contributed by atoms with Crippen molar-refractivity contribution >= 4 is 17.4 Å². The van der Waals surface area contributed by atoms with E-state index in [-0.39, 0.29) is 12.0 Å². The standard InChI is InChI=1S/C14H22ClN3O/c1-14(2,3)13-16-11(15)7-12(17-13)18-6-4-5-10(8-18)9-19/h7,10,19H,4-6,8-9H2,1-3H3. The molecule has 5 heteroatoms. The molecule has 2 rings (SSSR count). The van der Waals surface area contributed by atoms with Crippen LogP contribution in [-0.4, -0.2) is 34.8 Å². The van der Waals surface area contributed by atoms with Crippen LogP contribution in [0, 0.1) is 5.92 Å². The Bertz CT molecular complexity index is 445. The number of aromatic nitrogens is 2. The summed E-state index contributed by atoms with van der Waals surface area (Å²) in [5.41, 5.74) is -0.119. The molecular weight excluding hydrogens is 262 g/mol. The lowest BCUT2D eigenvalue weighted by atomic mass is 9.95. The summed E-state index contributed by atoms with van der Waals surface area (Å²) in [7, 11) is 0. The average molecular weight is 284 g/mol. The second kappa shape index (κ2) is 5.63. The molecule has 0 radical (unpaired) electrons. The number of rotatable bonds is 2. The predicted octanol–water partition coefficient (Wildman–Crippen LogP) is 2.64. The van der Waals surface area contributed by atoms with Gasteiger partial charge in [0.2, 0.25) is 0 Å². The fraction of sp³-hybridized carbons (Fsp3) is 0.714. The van der Waals surface area contributed by atoms with Crippen molar-refractivity contribution in [3.8, 4) is 0 Å². The molecule has 1 aliphatic heterocycles. The van der Waals surface area contributed by atoms with Crippen molar-refractivity contribution in [2.45, 2.75) is 39.0 Å². The lowest BCUT2D eigenvalue weighted by molar-refractivity contribution is 0.208. The van der Waals surface area contributed by atoms with Crippen LogP contribution in [0.1, 0.15) is 39.4 Å². The van der Waals surface area contributed by atoms with Gasteiger partial charge in [-0.3, -0.25) is 0 Å². The second-order valence-electron chi connectivity index (χ2n) is 6.26. The van der Waals surface area contributed by atoms with Crippen molar-refractivity contribution < 1.29 is 5.11 Å². The summed E-state index contributed by atoms with van der Waals surface area (Å²) in [6, 6.07) is 1.82. The van der Waals surface area contributed by atoms with Crippen LogP contribution in [-0.2, 0) is 5.41 Å². The third-order valence-corrected chi connectivity index (χ3v) is 3.65. The molecule has 1 aliphatic rings. The Balaban J connectivity index is 2.26. The molecule has 106 valence electrons. The van der Waals surface area contributed by atoms with Crippen molar-refractivity contribution in [2.24, 2.45) is 5.92 Å². The van der Waals surface area contributed by atoms with E-state index < -0.39 is 0 Å². The maximum absolute atomic E-state index is 9.31. The maximum atomic E-state index is 9.31. The first-order valence-corrected chi connectivity index (χ1v) is 7.19. The third kappa shape index (κ3) is 3.57. The van der Waals surface area contributed by atoms with Gasteiger partial charge >= 0.3 is 0 Å². The van der Waals surface area contributed by atoms with Crippen molar-refractivity contribution in [3.05, 3.63) is 17.0 Å². The highest BCUT2D eigenvalue weighted by atomic mass is 35.5. The topological polar surface area (TPSA) is 49.2 Å². The zero-order valence-electron chi connectivity index (χ0n) is 11.9. The Labute approximate surface area is 119 Å². The summed E-state index contributed by atoms with van der Waals surface area (Å²) in [5.74, 6) is 1.98. The fourth-order valence-electron chi connectivity index (χ4n) is 2.33. The minimum atomic E-state index is -0.119. The molecule has 1 N–H and O–H groups in total. The molecule has 0 spiro atoms. The van der Waals surface area contributed by atoms with Crippen LogP contribution >= 0.6 is 11.6 Å². The predicted molar refractivity (Wildman–Crippen MR) is 77.8 cm³/mol. The van der Waals surface area contributed by atoms with E-state index >= 15 is 0 Å². The van der Waals surface area contributed by atoms with Crippen LogP contribution in [0.25, 0.3) is 0 Å². The van der Waals surface area contributed by atoms with Gasteiger partial charge < -0.3 is 10.0 Å². The van der Waals surface area contributed by atoms with E-state index in [1.54, 1.807) is 0 Å². The van der Waals surface area contributed by atoms with Crippen LogP contribution in [0.4, 0.5) is 5.82 Å². The van der Waals surface area contributed by atoms with Crippen LogP contribution in [0.5, 0.6) is 0 Å². The Morgan fingerprint density at radius 3 is 2.79 bits per heavy atom. The van der Waals surface area contributed by atoms with Gasteiger partial charge in [0.05, 0.1) is 0 Å². The summed E-state index contributed by atoms with van der Waals surface area (Å²) in [4.78, 5) is 11.2. The van der Waals surface area contributed by atoms with Crippen molar-refractivity contribution in [2.75, 3.05) is 24.6 Å². The van der Waals surface area contributed by atoms with Gasteiger partial charge in [0.15, 0.2) is 0 Å². The van der Waals surface area contributed by atoms with Crippen molar-refractivity contribution in [1.82, 2.24) is 9.97 Å². The molecule has 1 fully saturated rings. The van der Waals surface area contributed by atoms with Gasteiger partial charge in [-0.1, -0.05) is 32.4 Å². The van der Waals surface area contributed by atoms with Crippen LogP contribution in [0.15, 0.2) is 6.07 Å². The number of anilines is 1. The molecule has 1 aromatic rings. The molecule has 0 amide bonds. The second-order valence-corrected chi connectivity index (χ2v) is 6.65. The lowest BCUT2D eigenvalue weighted by Gasteiger charge is -2.33. The van der Waals surface area contributed by atoms with Crippen LogP contribution in [0.2, 0.25) is 5.15 Å². The summed E-state index contributed by atoms with van der Waals surface area (Å²) >= 11 is 6.12. The zero-order chi connectivity index (χ0) is 14.0. The molecule has 1 atom stereocenters. The highest BCUT2D eigenvalue weighted by molar-refractivity contribution is 6.29. The quantitative estimate of drug-likeness (QED) is 0.848. The minimum Gasteiger partial charge on any atom is -0.396 e. The Morgan fingerprint density at radius 2 is 2.16 bits per heavy atom. The molecular formula is C14H22ClN3O. The SMILES string of the molecule is CC(C)(C)c1nc(Cl)cc(N2CCCC(CO)C2)n1. The smallest absolute Gasteiger partial charge is 0.137 e. The Morgan fingerprint density at radius 1 is 1.42 bits per heavy atom. The molecule has 19 heavy (non-hydrogen) atoms. The summed E-state index contributed by atoms with van der Waals surface area (Å²) in [5, 5.41) is 9.80. The first-order valence-electron chi connectivity index (χ1n) is 6.81. The van der Waals surface area contributed by atoms with Crippen LogP contribution < -0.4 is 4.90 Å². The van der Waals surface area contributed by atoms with E-state index in [0.29, 0.717) is 11.1 Å². The number of hydrogen-bond acceptors (Lipinski definition) is 4. The van der Waals surface area contributed by atoms with Gasteiger partial charge in [0.25, 0.3) is 0 Å². The number of aliphatic hydroxyl groups is 1. The molecule has 1 aromatic heterocycles. The molecule has 0 aliphatic carbocycles. The van der Waals surface area contributed by atoms with Gasteiger partial charge in [-0.05, 0) is 18.8 Å². The van der Waals surface area contributed by atoms with E-state index in [0.717, 1.165) is 37.6 Å². The first-order chi connectivity index (χ1) is 8.90. The number of piperidine rings is 1. The van der Waals surface area contributed by atoms with Crippen molar-refractivity contribution in [3.63, 3.8) is 0 Å². The first kappa shape index (κ1) is 14.5. The zero-order valence-corrected chi connectivity index (χ0v) is 12.6. The van der Waals surface area contributed by atoms with E-state index in [1.165, 1.54) is 0 Å². The van der Waals surface area contributed by atoms with Gasteiger partial charge in [-0.25, -0.2) is 9.97 Å². The highest BCUT2D eigenvalue weighted by Crippen LogP contribution is 2.26. The monoisotopic (exact) mass is 283 g/mol. The van der Waals surface area contributed by atoms with Gasteiger partial charge in [-0.2, -0.15) is 0 Å². The summed E-state index contributed by atoms with van der Waals surface area (Å²) < 4.78 is 0. The Kier molecular flexibility index (Phi) is 4.31. The van der Waals surface area contributed by atoms with E-state index in [4.69, 9.17) is 11.6 Å². The average Bonchev–Trinajstić information content (AvgIpc) is 2.37. The molecule has 1 unspecified atom stereocenters. The number of nitrogens with zero attached hydrogens (tertiary/aromatic N) is 3. The van der Waals surface area contributed by atoms with Gasteiger partial charge in [0.1, 0.15) is 16.8 Å². The van der Waals surface area contributed by atoms with Crippen LogP contribution in [0.3, 0.4) is 0 Å². The molecule has 1 saturated heterocycles. The van der Waals surface area contributed by atoms with E-state index in [9.17, 15) is 5.11 Å². The fourth-order valence-corrected chi connectivity index (χ4v) is 2.50. The highest BCUT2D eigenvalue weighted by Gasteiger charge is 2.24.